The van der Waals surface area contributed by atoms with Crippen LogP contribution in [0, 0.1) is 0 Å². The monoisotopic (exact) mass is 363 g/mol. The van der Waals surface area contributed by atoms with Crippen LogP contribution in [0.5, 0.6) is 11.5 Å². The Morgan fingerprint density at radius 3 is 2.32 bits per heavy atom. The number of carbonyl (C=O) groups excluding carboxylic acids is 1. The Labute approximate surface area is 153 Å². The molecule has 2 aromatic rings. The van der Waals surface area contributed by atoms with Gasteiger partial charge in [0.05, 0.1) is 13.7 Å². The van der Waals surface area contributed by atoms with Crippen LogP contribution in [0.4, 0.5) is 5.69 Å². The quantitative estimate of drug-likeness (QED) is 0.718. The van der Waals surface area contributed by atoms with Crippen LogP contribution in [0.2, 0.25) is 5.02 Å². The number of hydrogen-bond acceptors (Lipinski definition) is 3. The normalized spacial score (nSPS) is 11.6. The highest BCUT2D eigenvalue weighted by atomic mass is 35.5. The fraction of sp³-hybridized carbons (Fsp3) is 0.316. The summed E-state index contributed by atoms with van der Waals surface area (Å²) in [6, 6.07) is 14.6. The van der Waals surface area contributed by atoms with Crippen molar-refractivity contribution < 1.29 is 19.2 Å². The Balaban J connectivity index is 1.75. The van der Waals surface area contributed by atoms with Gasteiger partial charge in [-0.3, -0.25) is 4.79 Å². The summed E-state index contributed by atoms with van der Waals surface area (Å²) in [5, 5.41) is 3.59. The molecule has 0 aliphatic carbocycles. The smallest absolute Gasteiger partial charge is 0.279 e. The summed E-state index contributed by atoms with van der Waals surface area (Å²) in [5.74, 6) is 1.52. The first-order valence-electron chi connectivity index (χ1n) is 8.26. The summed E-state index contributed by atoms with van der Waals surface area (Å²) in [7, 11) is 1.61. The lowest BCUT2D eigenvalue weighted by Crippen LogP contribution is -3.13. The lowest BCUT2D eigenvalue weighted by molar-refractivity contribution is -0.889. The molecule has 0 bridgehead atoms. The second-order valence-electron chi connectivity index (χ2n) is 5.61. The fourth-order valence-corrected chi connectivity index (χ4v) is 2.47. The first-order valence-corrected chi connectivity index (χ1v) is 8.64. The van der Waals surface area contributed by atoms with Crippen molar-refractivity contribution in [3.63, 3.8) is 0 Å². The van der Waals surface area contributed by atoms with Gasteiger partial charge in [-0.15, -0.1) is 0 Å². The third-order valence-corrected chi connectivity index (χ3v) is 4.07. The SMILES string of the molecule is CC[NH+](CCOc1ccc(Cl)cc1)CC(=O)Nc1ccc(OC)cc1. The van der Waals surface area contributed by atoms with E-state index in [1.54, 1.807) is 19.2 Å². The van der Waals surface area contributed by atoms with Crippen LogP contribution in [0.15, 0.2) is 48.5 Å². The summed E-state index contributed by atoms with van der Waals surface area (Å²) >= 11 is 5.85. The number of amides is 1. The average Bonchev–Trinajstić information content (AvgIpc) is 2.63. The van der Waals surface area contributed by atoms with Crippen molar-refractivity contribution in [3.8, 4) is 11.5 Å². The minimum atomic E-state index is -0.0199. The molecule has 1 amide bonds. The molecular formula is C19H24ClN2O3+. The molecule has 1 unspecified atom stereocenters. The van der Waals surface area contributed by atoms with Crippen LogP contribution in [0.3, 0.4) is 0 Å². The van der Waals surface area contributed by atoms with Gasteiger partial charge in [0.2, 0.25) is 0 Å². The fourth-order valence-electron chi connectivity index (χ4n) is 2.34. The molecule has 25 heavy (non-hydrogen) atoms. The number of anilines is 1. The molecule has 0 radical (unpaired) electrons. The first-order chi connectivity index (χ1) is 12.1. The molecule has 2 aromatic carbocycles. The molecule has 0 aliphatic rings. The van der Waals surface area contributed by atoms with Gasteiger partial charge in [-0.05, 0) is 55.5 Å². The lowest BCUT2D eigenvalue weighted by Gasteiger charge is -2.17. The maximum atomic E-state index is 12.2. The number of nitrogens with one attached hydrogen (secondary N) is 2. The highest BCUT2D eigenvalue weighted by Crippen LogP contribution is 2.15. The second kappa shape index (κ2) is 9.91. The van der Waals surface area contributed by atoms with Gasteiger partial charge in [-0.1, -0.05) is 11.6 Å². The lowest BCUT2D eigenvalue weighted by atomic mass is 10.3. The molecule has 2 N–H and O–H groups in total. The minimum Gasteiger partial charge on any atom is -0.497 e. The molecule has 0 aliphatic heterocycles. The van der Waals surface area contributed by atoms with Crippen molar-refractivity contribution in [3.05, 3.63) is 53.6 Å². The first kappa shape index (κ1) is 19.1. The van der Waals surface area contributed by atoms with Crippen LogP contribution >= 0.6 is 11.6 Å². The number of carbonyl (C=O) groups is 1. The summed E-state index contributed by atoms with van der Waals surface area (Å²) in [4.78, 5) is 13.3. The van der Waals surface area contributed by atoms with Crippen molar-refractivity contribution in [2.45, 2.75) is 6.92 Å². The van der Waals surface area contributed by atoms with E-state index in [9.17, 15) is 4.79 Å². The molecule has 2 rings (SSSR count). The van der Waals surface area contributed by atoms with Gasteiger partial charge in [0, 0.05) is 10.7 Å². The number of hydrogen-bond donors (Lipinski definition) is 2. The zero-order chi connectivity index (χ0) is 18.1. The molecular weight excluding hydrogens is 340 g/mol. The molecule has 0 heterocycles. The van der Waals surface area contributed by atoms with E-state index >= 15 is 0 Å². The van der Waals surface area contributed by atoms with E-state index in [0.717, 1.165) is 35.2 Å². The van der Waals surface area contributed by atoms with E-state index in [0.29, 0.717) is 18.2 Å². The molecule has 0 saturated carbocycles. The zero-order valence-electron chi connectivity index (χ0n) is 14.5. The van der Waals surface area contributed by atoms with Crippen LogP contribution in [-0.2, 0) is 4.79 Å². The maximum absolute atomic E-state index is 12.2. The van der Waals surface area contributed by atoms with E-state index in [1.165, 1.54) is 0 Å². The molecule has 0 saturated heterocycles. The van der Waals surface area contributed by atoms with Gasteiger partial charge in [0.25, 0.3) is 5.91 Å². The van der Waals surface area contributed by atoms with Gasteiger partial charge in [0.1, 0.15) is 24.7 Å². The average molecular weight is 364 g/mol. The number of methoxy groups -OCH3 is 1. The minimum absolute atomic E-state index is 0.0199. The Hall–Kier alpha value is -2.24. The van der Waals surface area contributed by atoms with Crippen LogP contribution in [0.1, 0.15) is 6.92 Å². The van der Waals surface area contributed by atoms with E-state index < -0.39 is 0 Å². The van der Waals surface area contributed by atoms with Gasteiger partial charge in [0.15, 0.2) is 6.54 Å². The Kier molecular flexibility index (Phi) is 7.57. The molecule has 6 heteroatoms. The third-order valence-electron chi connectivity index (χ3n) is 3.82. The number of ether oxygens (including phenoxy) is 2. The molecule has 134 valence electrons. The third kappa shape index (κ3) is 6.64. The summed E-state index contributed by atoms with van der Waals surface area (Å²) < 4.78 is 10.8. The maximum Gasteiger partial charge on any atom is 0.279 e. The predicted molar refractivity (Wildman–Crippen MR) is 99.8 cm³/mol. The van der Waals surface area contributed by atoms with Gasteiger partial charge >= 0.3 is 0 Å². The van der Waals surface area contributed by atoms with Crippen molar-refractivity contribution in [1.82, 2.24) is 0 Å². The van der Waals surface area contributed by atoms with Gasteiger partial charge in [-0.2, -0.15) is 0 Å². The van der Waals surface area contributed by atoms with Gasteiger partial charge in [-0.25, -0.2) is 0 Å². The van der Waals surface area contributed by atoms with E-state index in [-0.39, 0.29) is 5.91 Å². The number of benzene rings is 2. The molecule has 1 atom stereocenters. The highest BCUT2D eigenvalue weighted by molar-refractivity contribution is 6.30. The second-order valence-corrected chi connectivity index (χ2v) is 6.05. The number of quaternary nitrogens is 1. The topological polar surface area (TPSA) is 52.0 Å². The molecule has 0 aromatic heterocycles. The van der Waals surface area contributed by atoms with Crippen molar-refractivity contribution in [2.75, 3.05) is 38.7 Å². The van der Waals surface area contributed by atoms with Gasteiger partial charge < -0.3 is 19.7 Å². The zero-order valence-corrected chi connectivity index (χ0v) is 15.3. The highest BCUT2D eigenvalue weighted by Gasteiger charge is 2.13. The summed E-state index contributed by atoms with van der Waals surface area (Å²) in [5.41, 5.74) is 0.763. The Morgan fingerprint density at radius 2 is 1.72 bits per heavy atom. The predicted octanol–water partition coefficient (Wildman–Crippen LogP) is 2.27. The summed E-state index contributed by atoms with van der Waals surface area (Å²) in [6.45, 7) is 4.58. The number of rotatable bonds is 9. The van der Waals surface area contributed by atoms with E-state index in [1.807, 2.05) is 36.4 Å². The molecule has 0 fully saturated rings. The van der Waals surface area contributed by atoms with E-state index in [2.05, 4.69) is 12.2 Å². The standard InChI is InChI=1S/C19H23ClN2O3/c1-3-22(12-13-25-18-8-4-15(20)5-9-18)14-19(23)21-16-6-10-17(24-2)11-7-16/h4-11H,3,12-14H2,1-2H3,(H,21,23)/p+1. The van der Waals surface area contributed by atoms with Crippen molar-refractivity contribution in [2.24, 2.45) is 0 Å². The molecule has 0 spiro atoms. The number of halogens is 1. The Morgan fingerprint density at radius 1 is 1.08 bits per heavy atom. The molecule has 5 nitrogen and oxygen atoms in total. The van der Waals surface area contributed by atoms with Crippen LogP contribution < -0.4 is 19.7 Å². The number of likely N-dealkylation sites (N-methyl/N-ethyl adjacent to an activating group) is 1. The van der Waals surface area contributed by atoms with Crippen molar-refractivity contribution in [1.29, 1.82) is 0 Å². The van der Waals surface area contributed by atoms with Crippen LogP contribution in [-0.4, -0.2) is 39.3 Å². The Bertz CT molecular complexity index is 659. The largest absolute Gasteiger partial charge is 0.497 e. The van der Waals surface area contributed by atoms with E-state index in [4.69, 9.17) is 21.1 Å². The van der Waals surface area contributed by atoms with Crippen LogP contribution in [0.25, 0.3) is 0 Å². The summed E-state index contributed by atoms with van der Waals surface area (Å²) in [6.07, 6.45) is 0. The van der Waals surface area contributed by atoms with Crippen molar-refractivity contribution >= 4 is 23.2 Å².